The molecule has 2 aromatic carbocycles. The van der Waals surface area contributed by atoms with Crippen molar-refractivity contribution in [3.63, 3.8) is 0 Å². The van der Waals surface area contributed by atoms with Crippen LogP contribution in [0.2, 0.25) is 0 Å². The number of nitrogens with zero attached hydrogens (tertiary/aromatic N) is 4. The lowest BCUT2D eigenvalue weighted by Gasteiger charge is -2.15. The Bertz CT molecular complexity index is 1120. The molecule has 0 saturated heterocycles. The van der Waals surface area contributed by atoms with Gasteiger partial charge in [0.25, 0.3) is 0 Å². The fourth-order valence-electron chi connectivity index (χ4n) is 5.06. The monoisotopic (exact) mass is 394 g/mol. The van der Waals surface area contributed by atoms with E-state index in [9.17, 15) is 0 Å². The van der Waals surface area contributed by atoms with Gasteiger partial charge in [-0.1, -0.05) is 24.3 Å². The molecule has 4 nitrogen and oxygen atoms in total. The van der Waals surface area contributed by atoms with E-state index in [1.807, 2.05) is 0 Å². The molecule has 4 aromatic rings. The molecule has 0 unspecified atom stereocenters. The standard InChI is InChI=1S/C26H26N4/c1-3-13-25-21(7-1)17-27-29(25)23-11-5-9-19(15-23)20-10-6-12-24(16-20)30-26-14-4-2-8-22(26)18-28-30/h5-6,9-12,15-18H,1-4,7-8,13-14H2. The maximum absolute atomic E-state index is 4.71. The van der Waals surface area contributed by atoms with Crippen LogP contribution in [0.4, 0.5) is 0 Å². The fraction of sp³-hybridized carbons (Fsp3) is 0.308. The first-order valence-electron chi connectivity index (χ1n) is 11.2. The van der Waals surface area contributed by atoms with Gasteiger partial charge in [-0.2, -0.15) is 10.2 Å². The van der Waals surface area contributed by atoms with E-state index in [2.05, 4.69) is 70.3 Å². The molecular formula is C26H26N4. The minimum Gasteiger partial charge on any atom is -0.238 e. The molecule has 0 aliphatic heterocycles. The Balaban J connectivity index is 1.38. The zero-order valence-corrected chi connectivity index (χ0v) is 17.2. The van der Waals surface area contributed by atoms with Gasteiger partial charge in [0.15, 0.2) is 0 Å². The molecule has 2 heterocycles. The molecule has 0 atom stereocenters. The van der Waals surface area contributed by atoms with E-state index < -0.39 is 0 Å². The molecule has 6 rings (SSSR count). The Labute approximate surface area is 177 Å². The second kappa shape index (κ2) is 7.28. The fourth-order valence-corrected chi connectivity index (χ4v) is 5.06. The summed E-state index contributed by atoms with van der Waals surface area (Å²) in [4.78, 5) is 0. The number of aromatic nitrogens is 4. The van der Waals surface area contributed by atoms with Crippen molar-refractivity contribution < 1.29 is 0 Å². The van der Waals surface area contributed by atoms with Crippen molar-refractivity contribution in [3.05, 3.63) is 83.4 Å². The van der Waals surface area contributed by atoms with Gasteiger partial charge >= 0.3 is 0 Å². The molecule has 2 aliphatic rings. The zero-order chi connectivity index (χ0) is 19.9. The second-order valence-corrected chi connectivity index (χ2v) is 8.57. The van der Waals surface area contributed by atoms with Gasteiger partial charge in [-0.25, -0.2) is 9.36 Å². The summed E-state index contributed by atoms with van der Waals surface area (Å²) >= 11 is 0. The van der Waals surface area contributed by atoms with E-state index in [-0.39, 0.29) is 0 Å². The predicted octanol–water partition coefficient (Wildman–Crippen LogP) is 5.48. The highest BCUT2D eigenvalue weighted by atomic mass is 15.3. The third-order valence-corrected chi connectivity index (χ3v) is 6.64. The highest BCUT2D eigenvalue weighted by molar-refractivity contribution is 5.68. The van der Waals surface area contributed by atoms with Crippen LogP contribution in [0.5, 0.6) is 0 Å². The molecule has 2 aromatic heterocycles. The summed E-state index contributed by atoms with van der Waals surface area (Å²) < 4.78 is 4.29. The minimum atomic E-state index is 1.12. The first-order chi connectivity index (χ1) is 14.9. The first-order valence-corrected chi connectivity index (χ1v) is 11.2. The van der Waals surface area contributed by atoms with Crippen LogP contribution in [0.15, 0.2) is 60.9 Å². The van der Waals surface area contributed by atoms with Gasteiger partial charge in [0, 0.05) is 11.4 Å². The van der Waals surface area contributed by atoms with Gasteiger partial charge in [0.2, 0.25) is 0 Å². The highest BCUT2D eigenvalue weighted by Crippen LogP contribution is 2.29. The largest absolute Gasteiger partial charge is 0.238 e. The van der Waals surface area contributed by atoms with Gasteiger partial charge in [0.1, 0.15) is 0 Å². The lowest BCUT2D eigenvalue weighted by molar-refractivity contribution is 0.653. The lowest BCUT2D eigenvalue weighted by Crippen LogP contribution is -2.08. The Hall–Kier alpha value is -3.14. The van der Waals surface area contributed by atoms with Crippen LogP contribution >= 0.6 is 0 Å². The molecule has 0 fully saturated rings. The van der Waals surface area contributed by atoms with Crippen molar-refractivity contribution in [1.82, 2.24) is 19.6 Å². The molecular weight excluding hydrogens is 368 g/mol. The molecule has 0 saturated carbocycles. The van der Waals surface area contributed by atoms with Crippen LogP contribution in [0.1, 0.15) is 48.2 Å². The van der Waals surface area contributed by atoms with E-state index in [4.69, 9.17) is 10.2 Å². The molecule has 0 spiro atoms. The maximum Gasteiger partial charge on any atom is 0.0655 e. The normalized spacial score (nSPS) is 15.6. The highest BCUT2D eigenvalue weighted by Gasteiger charge is 2.17. The van der Waals surface area contributed by atoms with Crippen molar-refractivity contribution in [1.29, 1.82) is 0 Å². The quantitative estimate of drug-likeness (QED) is 0.461. The minimum absolute atomic E-state index is 1.12. The molecule has 0 N–H and O–H groups in total. The molecule has 30 heavy (non-hydrogen) atoms. The number of fused-ring (bicyclic) bond motifs is 2. The molecule has 150 valence electrons. The number of hydrogen-bond acceptors (Lipinski definition) is 2. The summed E-state index contributed by atoms with van der Waals surface area (Å²) in [6, 6.07) is 17.5. The predicted molar refractivity (Wildman–Crippen MR) is 119 cm³/mol. The third kappa shape index (κ3) is 2.98. The van der Waals surface area contributed by atoms with Crippen LogP contribution < -0.4 is 0 Å². The average molecular weight is 395 g/mol. The van der Waals surface area contributed by atoms with Gasteiger partial charge in [-0.05, 0) is 97.9 Å². The summed E-state index contributed by atoms with van der Waals surface area (Å²) in [6.45, 7) is 0. The Morgan fingerprint density at radius 1 is 0.567 bits per heavy atom. The number of rotatable bonds is 3. The summed E-state index contributed by atoms with van der Waals surface area (Å²) in [5.74, 6) is 0. The van der Waals surface area contributed by atoms with Crippen molar-refractivity contribution in [3.8, 4) is 22.5 Å². The van der Waals surface area contributed by atoms with Crippen molar-refractivity contribution >= 4 is 0 Å². The van der Waals surface area contributed by atoms with Crippen molar-refractivity contribution in [2.24, 2.45) is 0 Å². The average Bonchev–Trinajstić information content (AvgIpc) is 3.44. The third-order valence-electron chi connectivity index (χ3n) is 6.64. The van der Waals surface area contributed by atoms with Crippen LogP contribution in [0.3, 0.4) is 0 Å². The van der Waals surface area contributed by atoms with Gasteiger partial charge in [-0.3, -0.25) is 0 Å². The summed E-state index contributed by atoms with van der Waals surface area (Å²) in [7, 11) is 0. The van der Waals surface area contributed by atoms with Gasteiger partial charge < -0.3 is 0 Å². The van der Waals surface area contributed by atoms with E-state index >= 15 is 0 Å². The Kier molecular flexibility index (Phi) is 4.29. The van der Waals surface area contributed by atoms with Gasteiger partial charge in [-0.15, -0.1) is 0 Å². The molecule has 4 heteroatoms. The van der Waals surface area contributed by atoms with Crippen LogP contribution in [-0.2, 0) is 25.7 Å². The van der Waals surface area contributed by atoms with Gasteiger partial charge in [0.05, 0.1) is 23.8 Å². The lowest BCUT2D eigenvalue weighted by atomic mass is 9.98. The van der Waals surface area contributed by atoms with E-state index in [0.29, 0.717) is 0 Å². The Morgan fingerprint density at radius 2 is 1.03 bits per heavy atom. The molecule has 2 aliphatic carbocycles. The summed E-state index contributed by atoms with van der Waals surface area (Å²) in [5, 5.41) is 9.42. The SMILES string of the molecule is c1cc(-c2cccc(-n3ncc4c3CCCC4)c2)cc(-n2ncc3c2CCCC3)c1. The Morgan fingerprint density at radius 3 is 1.53 bits per heavy atom. The number of benzene rings is 2. The topological polar surface area (TPSA) is 35.6 Å². The summed E-state index contributed by atoms with van der Waals surface area (Å²) in [5.41, 5.74) is 10.3. The summed E-state index contributed by atoms with van der Waals surface area (Å²) in [6.07, 6.45) is 13.8. The first kappa shape index (κ1) is 17.7. The second-order valence-electron chi connectivity index (χ2n) is 8.57. The van der Waals surface area contributed by atoms with Crippen LogP contribution in [-0.4, -0.2) is 19.6 Å². The van der Waals surface area contributed by atoms with E-state index in [1.165, 1.54) is 59.3 Å². The zero-order valence-electron chi connectivity index (χ0n) is 17.2. The molecule has 0 amide bonds. The molecule has 0 bridgehead atoms. The van der Waals surface area contributed by atoms with Crippen LogP contribution in [0, 0.1) is 0 Å². The number of aryl methyl sites for hydroxylation is 2. The smallest absolute Gasteiger partial charge is 0.0655 e. The number of hydrogen-bond donors (Lipinski definition) is 0. The van der Waals surface area contributed by atoms with Crippen molar-refractivity contribution in [2.45, 2.75) is 51.4 Å². The van der Waals surface area contributed by atoms with E-state index in [1.54, 1.807) is 0 Å². The van der Waals surface area contributed by atoms with E-state index in [0.717, 1.165) is 37.1 Å². The molecule has 0 radical (unpaired) electrons. The van der Waals surface area contributed by atoms with Crippen molar-refractivity contribution in [2.75, 3.05) is 0 Å². The maximum atomic E-state index is 4.71. The van der Waals surface area contributed by atoms with Crippen LogP contribution in [0.25, 0.3) is 22.5 Å².